The zero-order valence-corrected chi connectivity index (χ0v) is 16.1. The zero-order valence-electron chi connectivity index (χ0n) is 16.1. The van der Waals surface area contributed by atoms with Crippen LogP contribution in [0, 0.1) is 6.92 Å². The van der Waals surface area contributed by atoms with Crippen LogP contribution in [0.15, 0.2) is 0 Å². The Kier molecular flexibility index (Phi) is 5.71. The van der Waals surface area contributed by atoms with Gasteiger partial charge in [0.05, 0.1) is 6.61 Å². The molecule has 9 nitrogen and oxygen atoms in total. The number of aryl methyl sites for hydroxylation is 2. The summed E-state index contributed by atoms with van der Waals surface area (Å²) in [6.45, 7) is 4.32. The Bertz CT molecular complexity index is 765. The van der Waals surface area contributed by atoms with Crippen LogP contribution in [-0.2, 0) is 25.4 Å². The molecule has 0 aliphatic carbocycles. The molecule has 4 unspecified atom stereocenters. The number of nitrogens with zero attached hydrogens (tertiary/aromatic N) is 4. The maximum atomic E-state index is 6.28. The molecule has 0 aromatic carbocycles. The normalized spacial score (nSPS) is 25.9. The molecule has 2 aromatic heterocycles. The van der Waals surface area contributed by atoms with Gasteiger partial charge in [-0.1, -0.05) is 6.92 Å². The van der Waals surface area contributed by atoms with Gasteiger partial charge in [0.2, 0.25) is 0 Å². The summed E-state index contributed by atoms with van der Waals surface area (Å²) < 4.78 is 25.0. The van der Waals surface area contributed by atoms with Gasteiger partial charge in [-0.05, 0) is 6.92 Å². The summed E-state index contributed by atoms with van der Waals surface area (Å²) in [4.78, 5) is 13.8. The van der Waals surface area contributed by atoms with Gasteiger partial charge in [-0.2, -0.15) is 0 Å². The molecule has 0 saturated carbocycles. The number of imidazole rings is 1. The monoisotopic (exact) mass is 365 g/mol. The number of aromatic nitrogens is 4. The number of rotatable bonds is 7. The van der Waals surface area contributed by atoms with Gasteiger partial charge >= 0.3 is 0 Å². The zero-order chi connectivity index (χ0) is 18.8. The largest absolute Gasteiger partial charge is 0.382 e. The predicted octanol–water partition coefficient (Wildman–Crippen LogP) is 1.31. The fourth-order valence-corrected chi connectivity index (χ4v) is 3.57. The maximum absolute atomic E-state index is 6.28. The van der Waals surface area contributed by atoms with Gasteiger partial charge in [-0.15, -0.1) is 0 Å². The molecule has 3 heterocycles. The van der Waals surface area contributed by atoms with Crippen molar-refractivity contribution in [3.8, 4) is 0 Å². The number of hydrogen-bond acceptors (Lipinski definition) is 8. The van der Waals surface area contributed by atoms with E-state index >= 15 is 0 Å². The molecule has 144 valence electrons. The van der Waals surface area contributed by atoms with E-state index in [1.807, 2.05) is 25.5 Å². The van der Waals surface area contributed by atoms with Crippen molar-refractivity contribution in [2.75, 3.05) is 40.3 Å². The van der Waals surface area contributed by atoms with Crippen LogP contribution in [-0.4, -0.2) is 72.8 Å². The lowest BCUT2D eigenvalue weighted by atomic mass is 10.1. The number of hydrogen-bond donors (Lipinski definition) is 1. The quantitative estimate of drug-likeness (QED) is 0.785. The van der Waals surface area contributed by atoms with Gasteiger partial charge in [-0.25, -0.2) is 15.0 Å². The Labute approximate surface area is 153 Å². The topological polar surface area (TPSA) is 92.6 Å². The lowest BCUT2D eigenvalue weighted by Gasteiger charge is -2.23. The molecule has 4 atom stereocenters. The number of fused-ring (bicyclic) bond motifs is 1. The summed E-state index contributed by atoms with van der Waals surface area (Å²) in [5.41, 5.74) is 1.44. The Balaban J connectivity index is 2.15. The maximum Gasteiger partial charge on any atom is 0.168 e. The van der Waals surface area contributed by atoms with Crippen LogP contribution >= 0.6 is 0 Å². The Hall–Kier alpha value is -1.81. The van der Waals surface area contributed by atoms with Crippen molar-refractivity contribution in [3.05, 3.63) is 11.6 Å². The second-order valence-electron chi connectivity index (χ2n) is 6.21. The second-order valence-corrected chi connectivity index (χ2v) is 6.21. The van der Waals surface area contributed by atoms with E-state index in [1.54, 1.807) is 21.3 Å². The van der Waals surface area contributed by atoms with E-state index in [0.717, 1.165) is 23.4 Å². The van der Waals surface area contributed by atoms with Crippen LogP contribution in [0.3, 0.4) is 0 Å². The minimum atomic E-state index is -0.413. The number of methoxy groups -OCH3 is 3. The average molecular weight is 365 g/mol. The van der Waals surface area contributed by atoms with Crippen LogP contribution in [0.4, 0.5) is 5.82 Å². The van der Waals surface area contributed by atoms with Gasteiger partial charge < -0.3 is 24.3 Å². The Morgan fingerprint density at radius 3 is 2.42 bits per heavy atom. The highest BCUT2D eigenvalue weighted by Crippen LogP contribution is 2.37. The summed E-state index contributed by atoms with van der Waals surface area (Å²) in [7, 11) is 6.78. The standard InChI is InChI=1S/C17H27N5O4/c1-7-11-21-12-15(18-3)19-9(2)20-16(12)22(11)17-14(25-6)13(24-5)10(26-17)8-23-4/h10,13-14,17H,7-8H2,1-6H3,(H,18,19,20). The van der Waals surface area contributed by atoms with E-state index in [1.165, 1.54) is 0 Å². The van der Waals surface area contributed by atoms with Gasteiger partial charge in [0.15, 0.2) is 23.2 Å². The predicted molar refractivity (Wildman–Crippen MR) is 96.4 cm³/mol. The summed E-state index contributed by atoms with van der Waals surface area (Å²) in [5, 5.41) is 3.10. The number of nitrogens with one attached hydrogen (secondary N) is 1. The first-order valence-electron chi connectivity index (χ1n) is 8.72. The van der Waals surface area contributed by atoms with Crippen molar-refractivity contribution in [1.29, 1.82) is 0 Å². The van der Waals surface area contributed by atoms with Crippen LogP contribution in [0.2, 0.25) is 0 Å². The van der Waals surface area contributed by atoms with E-state index in [-0.39, 0.29) is 18.3 Å². The molecule has 0 radical (unpaired) electrons. The van der Waals surface area contributed by atoms with Crippen LogP contribution in [0.25, 0.3) is 11.2 Å². The molecule has 1 aliphatic rings. The van der Waals surface area contributed by atoms with E-state index in [4.69, 9.17) is 23.9 Å². The number of anilines is 1. The van der Waals surface area contributed by atoms with Crippen molar-refractivity contribution in [1.82, 2.24) is 19.5 Å². The SMILES string of the molecule is CCc1nc2c(NC)nc(C)nc2n1C1OC(COC)C(OC)C1OC. The lowest BCUT2D eigenvalue weighted by molar-refractivity contribution is -0.0646. The number of ether oxygens (including phenoxy) is 4. The first kappa shape index (κ1) is 19.0. The molecule has 1 aliphatic heterocycles. The highest BCUT2D eigenvalue weighted by atomic mass is 16.6. The van der Waals surface area contributed by atoms with Crippen LogP contribution in [0.5, 0.6) is 0 Å². The van der Waals surface area contributed by atoms with Gasteiger partial charge in [0, 0.05) is 34.8 Å². The first-order valence-corrected chi connectivity index (χ1v) is 8.72. The molecule has 2 aromatic rings. The highest BCUT2D eigenvalue weighted by molar-refractivity contribution is 5.83. The molecular weight excluding hydrogens is 338 g/mol. The summed E-state index contributed by atoms with van der Waals surface area (Å²) >= 11 is 0. The van der Waals surface area contributed by atoms with E-state index in [2.05, 4.69) is 15.3 Å². The Morgan fingerprint density at radius 2 is 1.85 bits per heavy atom. The van der Waals surface area contributed by atoms with Crippen LogP contribution < -0.4 is 5.32 Å². The summed E-state index contributed by atoms with van der Waals surface area (Å²) in [6, 6.07) is 0. The van der Waals surface area contributed by atoms with Crippen LogP contribution in [0.1, 0.15) is 24.8 Å². The average Bonchev–Trinajstić information content (AvgIpc) is 3.17. The van der Waals surface area contributed by atoms with Crippen molar-refractivity contribution < 1.29 is 18.9 Å². The second kappa shape index (κ2) is 7.83. The fraction of sp³-hybridized carbons (Fsp3) is 0.706. The Morgan fingerprint density at radius 1 is 1.12 bits per heavy atom. The lowest BCUT2D eigenvalue weighted by Crippen LogP contribution is -2.37. The third-order valence-corrected chi connectivity index (χ3v) is 4.69. The molecule has 9 heteroatoms. The fourth-order valence-electron chi connectivity index (χ4n) is 3.57. The van der Waals surface area contributed by atoms with Crippen molar-refractivity contribution >= 4 is 17.0 Å². The minimum Gasteiger partial charge on any atom is -0.382 e. The summed E-state index contributed by atoms with van der Waals surface area (Å²) in [5.74, 6) is 2.22. The molecular formula is C17H27N5O4. The highest BCUT2D eigenvalue weighted by Gasteiger charge is 2.47. The molecule has 0 amide bonds. The molecule has 1 N–H and O–H groups in total. The molecule has 1 fully saturated rings. The van der Waals surface area contributed by atoms with E-state index < -0.39 is 6.23 Å². The van der Waals surface area contributed by atoms with Crippen molar-refractivity contribution in [2.45, 2.75) is 44.8 Å². The summed E-state index contributed by atoms with van der Waals surface area (Å²) in [6.07, 6.45) is -0.491. The molecule has 0 bridgehead atoms. The van der Waals surface area contributed by atoms with Gasteiger partial charge in [-0.3, -0.25) is 4.57 Å². The molecule has 1 saturated heterocycles. The smallest absolute Gasteiger partial charge is 0.168 e. The molecule has 3 rings (SSSR count). The van der Waals surface area contributed by atoms with E-state index in [9.17, 15) is 0 Å². The van der Waals surface area contributed by atoms with Crippen molar-refractivity contribution in [3.63, 3.8) is 0 Å². The van der Waals surface area contributed by atoms with E-state index in [0.29, 0.717) is 18.2 Å². The van der Waals surface area contributed by atoms with Crippen molar-refractivity contribution in [2.24, 2.45) is 0 Å². The van der Waals surface area contributed by atoms with Gasteiger partial charge in [0.1, 0.15) is 30.0 Å². The third kappa shape index (κ3) is 3.05. The minimum absolute atomic E-state index is 0.242. The van der Waals surface area contributed by atoms with Gasteiger partial charge in [0.25, 0.3) is 0 Å². The molecule has 0 spiro atoms. The molecule has 26 heavy (non-hydrogen) atoms. The first-order chi connectivity index (χ1) is 12.6. The third-order valence-electron chi connectivity index (χ3n) is 4.69.